The molecule has 3 unspecified atom stereocenters. The maximum absolute atomic E-state index is 12.5. The van der Waals surface area contributed by atoms with Gasteiger partial charge in [0, 0.05) is 38.1 Å². The summed E-state index contributed by atoms with van der Waals surface area (Å²) in [7, 11) is 0. The van der Waals surface area contributed by atoms with Gasteiger partial charge in [-0.2, -0.15) is 0 Å². The first-order chi connectivity index (χ1) is 12.1. The van der Waals surface area contributed by atoms with Crippen molar-refractivity contribution in [2.24, 2.45) is 0 Å². The molecule has 2 aliphatic heterocycles. The van der Waals surface area contributed by atoms with Gasteiger partial charge in [0.05, 0.1) is 19.3 Å². The molecule has 0 aliphatic carbocycles. The highest BCUT2D eigenvalue weighted by Gasteiger charge is 2.29. The quantitative estimate of drug-likeness (QED) is 0.858. The number of benzene rings is 1. The SMILES string of the molecule is CC1CCCN1C(=O)CCN1CCOCC1CC(O)c1ccccc1. The van der Waals surface area contributed by atoms with Crippen LogP contribution >= 0.6 is 0 Å². The minimum Gasteiger partial charge on any atom is -0.388 e. The van der Waals surface area contributed by atoms with Crippen LogP contribution in [0.5, 0.6) is 0 Å². The Bertz CT molecular complexity index is 551. The molecule has 138 valence electrons. The van der Waals surface area contributed by atoms with Gasteiger partial charge in [-0.25, -0.2) is 0 Å². The van der Waals surface area contributed by atoms with E-state index in [4.69, 9.17) is 4.74 Å². The van der Waals surface area contributed by atoms with Gasteiger partial charge in [0.1, 0.15) is 0 Å². The molecule has 2 heterocycles. The summed E-state index contributed by atoms with van der Waals surface area (Å²) in [6.07, 6.45) is 2.94. The van der Waals surface area contributed by atoms with Crippen LogP contribution in [0.25, 0.3) is 0 Å². The Hall–Kier alpha value is -1.43. The van der Waals surface area contributed by atoms with E-state index >= 15 is 0 Å². The van der Waals surface area contributed by atoms with Crippen LogP contribution in [0.3, 0.4) is 0 Å². The summed E-state index contributed by atoms with van der Waals surface area (Å²) < 4.78 is 5.62. The molecule has 1 amide bonds. The molecule has 0 aromatic heterocycles. The number of rotatable bonds is 6. The zero-order chi connectivity index (χ0) is 17.6. The maximum atomic E-state index is 12.5. The van der Waals surface area contributed by atoms with Gasteiger partial charge >= 0.3 is 0 Å². The monoisotopic (exact) mass is 346 g/mol. The molecule has 2 saturated heterocycles. The molecule has 0 bridgehead atoms. The molecule has 5 heteroatoms. The lowest BCUT2D eigenvalue weighted by Gasteiger charge is -2.37. The highest BCUT2D eigenvalue weighted by Crippen LogP contribution is 2.23. The van der Waals surface area contributed by atoms with Crippen molar-refractivity contribution in [3.63, 3.8) is 0 Å². The Morgan fingerprint density at radius 3 is 2.84 bits per heavy atom. The van der Waals surface area contributed by atoms with Crippen LogP contribution in [0, 0.1) is 0 Å². The number of morpholine rings is 1. The van der Waals surface area contributed by atoms with Gasteiger partial charge in [0.2, 0.25) is 5.91 Å². The van der Waals surface area contributed by atoms with E-state index in [1.54, 1.807) is 0 Å². The summed E-state index contributed by atoms with van der Waals surface area (Å²) in [5.41, 5.74) is 0.940. The van der Waals surface area contributed by atoms with Gasteiger partial charge in [-0.3, -0.25) is 9.69 Å². The first-order valence-corrected chi connectivity index (χ1v) is 9.49. The van der Waals surface area contributed by atoms with Crippen molar-refractivity contribution >= 4 is 5.91 Å². The van der Waals surface area contributed by atoms with E-state index in [1.165, 1.54) is 0 Å². The lowest BCUT2D eigenvalue weighted by molar-refractivity contribution is -0.132. The lowest BCUT2D eigenvalue weighted by atomic mass is 10.0. The third kappa shape index (κ3) is 4.81. The molecule has 2 fully saturated rings. The van der Waals surface area contributed by atoms with Crippen LogP contribution in [0.15, 0.2) is 30.3 Å². The molecule has 3 rings (SSSR count). The average molecular weight is 346 g/mol. The predicted octanol–water partition coefficient (Wildman–Crippen LogP) is 2.21. The van der Waals surface area contributed by atoms with Crippen molar-refractivity contribution in [2.75, 3.05) is 32.8 Å². The largest absolute Gasteiger partial charge is 0.388 e. The zero-order valence-corrected chi connectivity index (χ0v) is 15.1. The number of aliphatic hydroxyl groups is 1. The molecular weight excluding hydrogens is 316 g/mol. The first-order valence-electron chi connectivity index (χ1n) is 9.49. The first kappa shape index (κ1) is 18.4. The summed E-state index contributed by atoms with van der Waals surface area (Å²) in [5.74, 6) is 0.263. The second-order valence-corrected chi connectivity index (χ2v) is 7.26. The number of hydrogen-bond donors (Lipinski definition) is 1. The Labute approximate surface area is 150 Å². The Morgan fingerprint density at radius 2 is 2.12 bits per heavy atom. The Balaban J connectivity index is 1.53. The summed E-state index contributed by atoms with van der Waals surface area (Å²) in [4.78, 5) is 16.8. The Kier molecular flexibility index (Phi) is 6.45. The molecule has 5 nitrogen and oxygen atoms in total. The van der Waals surface area contributed by atoms with Crippen molar-refractivity contribution in [1.82, 2.24) is 9.80 Å². The number of carbonyl (C=O) groups excluding carboxylic acids is 1. The van der Waals surface area contributed by atoms with Crippen LogP contribution in [-0.2, 0) is 9.53 Å². The molecule has 1 aromatic rings. The van der Waals surface area contributed by atoms with E-state index in [0.717, 1.165) is 38.0 Å². The van der Waals surface area contributed by atoms with Crippen molar-refractivity contribution in [3.8, 4) is 0 Å². The van der Waals surface area contributed by atoms with E-state index in [-0.39, 0.29) is 11.9 Å². The van der Waals surface area contributed by atoms with E-state index in [9.17, 15) is 9.90 Å². The molecule has 1 aromatic carbocycles. The number of hydrogen-bond acceptors (Lipinski definition) is 4. The maximum Gasteiger partial charge on any atom is 0.224 e. The number of amides is 1. The molecule has 2 aliphatic rings. The second-order valence-electron chi connectivity index (χ2n) is 7.26. The molecule has 0 radical (unpaired) electrons. The highest BCUT2D eigenvalue weighted by molar-refractivity contribution is 5.77. The van der Waals surface area contributed by atoms with Crippen LogP contribution < -0.4 is 0 Å². The van der Waals surface area contributed by atoms with E-state index in [0.29, 0.717) is 32.1 Å². The third-order valence-corrected chi connectivity index (χ3v) is 5.52. The molecule has 3 atom stereocenters. The molecule has 0 spiro atoms. The van der Waals surface area contributed by atoms with E-state index < -0.39 is 6.10 Å². The number of ether oxygens (including phenoxy) is 1. The smallest absolute Gasteiger partial charge is 0.224 e. The number of carbonyl (C=O) groups is 1. The lowest BCUT2D eigenvalue weighted by Crippen LogP contribution is -2.47. The van der Waals surface area contributed by atoms with Gasteiger partial charge in [0.15, 0.2) is 0 Å². The van der Waals surface area contributed by atoms with Gasteiger partial charge in [-0.15, -0.1) is 0 Å². The van der Waals surface area contributed by atoms with Crippen molar-refractivity contribution in [3.05, 3.63) is 35.9 Å². The topological polar surface area (TPSA) is 53.0 Å². The predicted molar refractivity (Wildman–Crippen MR) is 97.2 cm³/mol. The fourth-order valence-corrected chi connectivity index (χ4v) is 3.96. The Morgan fingerprint density at radius 1 is 1.32 bits per heavy atom. The minimum absolute atomic E-state index is 0.160. The fourth-order valence-electron chi connectivity index (χ4n) is 3.96. The summed E-state index contributed by atoms with van der Waals surface area (Å²) in [5, 5.41) is 10.5. The average Bonchev–Trinajstić information content (AvgIpc) is 3.07. The molecular formula is C20H30N2O3. The molecule has 0 saturated carbocycles. The minimum atomic E-state index is -0.496. The van der Waals surface area contributed by atoms with Crippen LogP contribution in [-0.4, -0.2) is 65.7 Å². The number of nitrogens with zero attached hydrogens (tertiary/aromatic N) is 2. The van der Waals surface area contributed by atoms with Crippen molar-refractivity contribution in [1.29, 1.82) is 0 Å². The van der Waals surface area contributed by atoms with Crippen molar-refractivity contribution < 1.29 is 14.6 Å². The fraction of sp³-hybridized carbons (Fsp3) is 0.650. The van der Waals surface area contributed by atoms with Crippen LogP contribution in [0.2, 0.25) is 0 Å². The third-order valence-electron chi connectivity index (χ3n) is 5.52. The molecule has 25 heavy (non-hydrogen) atoms. The van der Waals surface area contributed by atoms with Gasteiger partial charge < -0.3 is 14.7 Å². The van der Waals surface area contributed by atoms with Crippen LogP contribution in [0.1, 0.15) is 44.3 Å². The zero-order valence-electron chi connectivity index (χ0n) is 15.1. The summed E-state index contributed by atoms with van der Waals surface area (Å²) in [6, 6.07) is 10.3. The molecule has 1 N–H and O–H groups in total. The number of likely N-dealkylation sites (tertiary alicyclic amines) is 1. The van der Waals surface area contributed by atoms with E-state index in [1.807, 2.05) is 35.2 Å². The summed E-state index contributed by atoms with van der Waals surface area (Å²) >= 11 is 0. The normalized spacial score (nSPS) is 25.9. The van der Waals surface area contributed by atoms with Gasteiger partial charge in [-0.1, -0.05) is 30.3 Å². The van der Waals surface area contributed by atoms with Crippen LogP contribution in [0.4, 0.5) is 0 Å². The summed E-state index contributed by atoms with van der Waals surface area (Å²) in [6.45, 7) is 5.94. The van der Waals surface area contributed by atoms with Gasteiger partial charge in [-0.05, 0) is 31.7 Å². The van der Waals surface area contributed by atoms with Crippen molar-refractivity contribution in [2.45, 2.75) is 50.8 Å². The number of aliphatic hydroxyl groups excluding tert-OH is 1. The highest BCUT2D eigenvalue weighted by atomic mass is 16.5. The van der Waals surface area contributed by atoms with Gasteiger partial charge in [0.25, 0.3) is 0 Å². The van der Waals surface area contributed by atoms with E-state index in [2.05, 4.69) is 11.8 Å². The second kappa shape index (κ2) is 8.79. The standard InChI is InChI=1S/C20H30N2O3/c1-16-6-5-10-22(16)20(24)9-11-21-12-13-25-15-18(21)14-19(23)17-7-3-2-4-8-17/h2-4,7-8,16,18-19,23H,5-6,9-15H2,1H3.